The molecular weight excluding hydrogens is 304 g/mol. The Morgan fingerprint density at radius 3 is 2.89 bits per heavy atom. The highest BCUT2D eigenvalue weighted by Gasteiger charge is 2.30. The minimum atomic E-state index is 0.110. The first kappa shape index (κ1) is 12.9. The number of fused-ring (bicyclic) bond motifs is 1. The van der Waals surface area contributed by atoms with Crippen LogP contribution in [-0.4, -0.2) is 43.0 Å². The van der Waals surface area contributed by atoms with Crippen molar-refractivity contribution in [3.8, 4) is 0 Å². The van der Waals surface area contributed by atoms with E-state index in [0.717, 1.165) is 35.7 Å². The van der Waals surface area contributed by atoms with Crippen molar-refractivity contribution in [3.05, 3.63) is 28.2 Å². The summed E-state index contributed by atoms with van der Waals surface area (Å²) >= 11 is 3.51. The highest BCUT2D eigenvalue weighted by atomic mass is 79.9. The number of hydrogen-bond donors (Lipinski definition) is 2. The van der Waals surface area contributed by atoms with Gasteiger partial charge in [0.25, 0.3) is 0 Å². The molecule has 1 aromatic rings. The van der Waals surface area contributed by atoms with E-state index in [2.05, 4.69) is 37.9 Å². The molecule has 1 aromatic carbocycles. The van der Waals surface area contributed by atoms with Crippen LogP contribution < -0.4 is 10.6 Å². The average Bonchev–Trinajstić information content (AvgIpc) is 2.85. The number of hydrogen-bond acceptors (Lipinski definition) is 3. The van der Waals surface area contributed by atoms with Crippen molar-refractivity contribution < 1.29 is 0 Å². The zero-order valence-corrected chi connectivity index (χ0v) is 12.5. The number of benzene rings is 1. The Balaban J connectivity index is 1.79. The van der Waals surface area contributed by atoms with Crippen molar-refractivity contribution in [1.29, 1.82) is 5.41 Å². The zero-order chi connectivity index (χ0) is 13.4. The molecule has 102 valence electrons. The lowest BCUT2D eigenvalue weighted by Gasteiger charge is -2.39. The molecule has 2 saturated heterocycles. The number of amidine groups is 1. The van der Waals surface area contributed by atoms with Crippen LogP contribution >= 0.6 is 15.9 Å². The first-order valence-corrected chi connectivity index (χ1v) is 7.57. The third-order valence-corrected chi connectivity index (χ3v) is 4.85. The lowest BCUT2D eigenvalue weighted by Crippen LogP contribution is -2.50. The van der Waals surface area contributed by atoms with Crippen LogP contribution in [0.1, 0.15) is 18.4 Å². The van der Waals surface area contributed by atoms with Crippen LogP contribution in [0.2, 0.25) is 0 Å². The van der Waals surface area contributed by atoms with Crippen molar-refractivity contribution in [2.24, 2.45) is 5.73 Å². The maximum absolute atomic E-state index is 7.52. The number of nitrogens with two attached hydrogens (primary N) is 1. The van der Waals surface area contributed by atoms with Gasteiger partial charge in [0.1, 0.15) is 5.84 Å². The Hall–Kier alpha value is -1.07. The monoisotopic (exact) mass is 322 g/mol. The van der Waals surface area contributed by atoms with Gasteiger partial charge in [0.15, 0.2) is 0 Å². The SMILES string of the molecule is N=C(N)c1ccc(N2CCN3CCCC3C2)cc1Br. The molecule has 0 amide bonds. The van der Waals surface area contributed by atoms with E-state index in [1.807, 2.05) is 6.07 Å². The summed E-state index contributed by atoms with van der Waals surface area (Å²) < 4.78 is 0.909. The fourth-order valence-electron chi connectivity index (χ4n) is 3.14. The van der Waals surface area contributed by atoms with Crippen molar-refractivity contribution in [3.63, 3.8) is 0 Å². The first-order valence-electron chi connectivity index (χ1n) is 6.78. The van der Waals surface area contributed by atoms with Crippen LogP contribution in [0, 0.1) is 5.41 Å². The first-order chi connectivity index (χ1) is 9.15. The van der Waals surface area contributed by atoms with Crippen LogP contribution in [0.25, 0.3) is 0 Å². The van der Waals surface area contributed by atoms with Gasteiger partial charge in [-0.1, -0.05) is 0 Å². The second-order valence-corrected chi connectivity index (χ2v) is 6.21. The fraction of sp³-hybridized carbons (Fsp3) is 0.500. The molecule has 5 heteroatoms. The lowest BCUT2D eigenvalue weighted by atomic mass is 10.1. The third kappa shape index (κ3) is 2.49. The molecule has 3 N–H and O–H groups in total. The Bertz CT molecular complexity index is 502. The zero-order valence-electron chi connectivity index (χ0n) is 10.9. The van der Waals surface area contributed by atoms with E-state index < -0.39 is 0 Å². The number of nitrogens with zero attached hydrogens (tertiary/aromatic N) is 2. The molecule has 0 aromatic heterocycles. The molecule has 0 bridgehead atoms. The van der Waals surface area contributed by atoms with Gasteiger partial charge in [-0.15, -0.1) is 0 Å². The van der Waals surface area contributed by atoms with E-state index in [9.17, 15) is 0 Å². The molecule has 2 heterocycles. The molecule has 4 nitrogen and oxygen atoms in total. The molecule has 19 heavy (non-hydrogen) atoms. The van der Waals surface area contributed by atoms with Gasteiger partial charge in [-0.25, -0.2) is 0 Å². The van der Waals surface area contributed by atoms with Crippen LogP contribution in [0.3, 0.4) is 0 Å². The van der Waals surface area contributed by atoms with Gasteiger partial charge < -0.3 is 10.6 Å². The summed E-state index contributed by atoms with van der Waals surface area (Å²) in [6, 6.07) is 6.82. The molecular formula is C14H19BrN4. The summed E-state index contributed by atoms with van der Waals surface area (Å²) in [6.45, 7) is 4.64. The normalized spacial score (nSPS) is 23.4. The number of anilines is 1. The summed E-state index contributed by atoms with van der Waals surface area (Å²) in [5.41, 5.74) is 7.54. The third-order valence-electron chi connectivity index (χ3n) is 4.20. The number of nitrogens with one attached hydrogen (secondary N) is 1. The smallest absolute Gasteiger partial charge is 0.123 e. The molecule has 3 rings (SSSR count). The van der Waals surface area contributed by atoms with Crippen LogP contribution in [0.5, 0.6) is 0 Å². The highest BCUT2D eigenvalue weighted by molar-refractivity contribution is 9.10. The molecule has 0 aliphatic carbocycles. The quantitative estimate of drug-likeness (QED) is 0.647. The minimum Gasteiger partial charge on any atom is -0.384 e. The Kier molecular flexibility index (Phi) is 3.50. The molecule has 0 radical (unpaired) electrons. The predicted molar refractivity (Wildman–Crippen MR) is 82.0 cm³/mol. The van der Waals surface area contributed by atoms with E-state index in [-0.39, 0.29) is 5.84 Å². The van der Waals surface area contributed by atoms with Gasteiger partial charge in [-0.2, -0.15) is 0 Å². The average molecular weight is 323 g/mol. The summed E-state index contributed by atoms with van der Waals surface area (Å²) in [4.78, 5) is 5.05. The van der Waals surface area contributed by atoms with Crippen LogP contribution in [-0.2, 0) is 0 Å². The number of halogens is 1. The van der Waals surface area contributed by atoms with E-state index in [1.165, 1.54) is 25.1 Å². The van der Waals surface area contributed by atoms with E-state index in [1.54, 1.807) is 0 Å². The van der Waals surface area contributed by atoms with Gasteiger partial charge >= 0.3 is 0 Å². The molecule has 2 aliphatic heterocycles. The van der Waals surface area contributed by atoms with Crippen molar-refractivity contribution in [2.75, 3.05) is 31.1 Å². The second kappa shape index (κ2) is 5.13. The van der Waals surface area contributed by atoms with Gasteiger partial charge in [0, 0.05) is 41.4 Å². The van der Waals surface area contributed by atoms with Crippen molar-refractivity contribution in [1.82, 2.24) is 4.90 Å². The standard InChI is InChI=1S/C14H19BrN4/c15-13-8-10(3-4-12(13)14(16)17)19-7-6-18-5-1-2-11(18)9-19/h3-4,8,11H,1-2,5-7,9H2,(H3,16,17). The highest BCUT2D eigenvalue weighted by Crippen LogP contribution is 2.28. The van der Waals surface area contributed by atoms with Gasteiger partial charge in [0.2, 0.25) is 0 Å². The summed E-state index contributed by atoms with van der Waals surface area (Å²) in [6.07, 6.45) is 2.66. The Labute approximate surface area is 122 Å². The largest absolute Gasteiger partial charge is 0.384 e. The maximum Gasteiger partial charge on any atom is 0.123 e. The van der Waals surface area contributed by atoms with E-state index in [4.69, 9.17) is 11.1 Å². The van der Waals surface area contributed by atoms with Gasteiger partial charge in [-0.3, -0.25) is 10.3 Å². The van der Waals surface area contributed by atoms with Crippen LogP contribution in [0.4, 0.5) is 5.69 Å². The van der Waals surface area contributed by atoms with Gasteiger partial charge in [-0.05, 0) is 53.5 Å². The maximum atomic E-state index is 7.52. The summed E-state index contributed by atoms with van der Waals surface area (Å²) in [5.74, 6) is 0.110. The minimum absolute atomic E-state index is 0.110. The summed E-state index contributed by atoms with van der Waals surface area (Å²) in [5, 5.41) is 7.52. The Morgan fingerprint density at radius 1 is 1.32 bits per heavy atom. The molecule has 1 unspecified atom stereocenters. The number of piperazine rings is 1. The number of nitrogen functional groups attached to an aromatic ring is 1. The topological polar surface area (TPSA) is 56.4 Å². The summed E-state index contributed by atoms with van der Waals surface area (Å²) in [7, 11) is 0. The molecule has 0 spiro atoms. The second-order valence-electron chi connectivity index (χ2n) is 5.36. The molecule has 2 fully saturated rings. The van der Waals surface area contributed by atoms with Crippen molar-refractivity contribution in [2.45, 2.75) is 18.9 Å². The van der Waals surface area contributed by atoms with Gasteiger partial charge in [0.05, 0.1) is 0 Å². The molecule has 1 atom stereocenters. The van der Waals surface area contributed by atoms with E-state index >= 15 is 0 Å². The van der Waals surface area contributed by atoms with Crippen LogP contribution in [0.15, 0.2) is 22.7 Å². The lowest BCUT2D eigenvalue weighted by molar-refractivity contribution is 0.231. The number of rotatable bonds is 2. The predicted octanol–water partition coefficient (Wildman–Crippen LogP) is 2.02. The Morgan fingerprint density at radius 2 is 2.16 bits per heavy atom. The molecule has 2 aliphatic rings. The fourth-order valence-corrected chi connectivity index (χ4v) is 3.73. The van der Waals surface area contributed by atoms with Crippen molar-refractivity contribution >= 4 is 27.5 Å². The molecule has 0 saturated carbocycles. The van der Waals surface area contributed by atoms with E-state index in [0.29, 0.717) is 0 Å².